The van der Waals surface area contributed by atoms with Gasteiger partial charge in [-0.25, -0.2) is 4.98 Å². The fraction of sp³-hybridized carbons (Fsp3) is 0.389. The third-order valence-electron chi connectivity index (χ3n) is 4.48. The van der Waals surface area contributed by atoms with E-state index >= 15 is 0 Å². The first kappa shape index (κ1) is 15.1. The van der Waals surface area contributed by atoms with Crippen LogP contribution in [0.2, 0.25) is 0 Å². The van der Waals surface area contributed by atoms with Gasteiger partial charge in [0.25, 0.3) is 0 Å². The average molecular weight is 326 g/mol. The summed E-state index contributed by atoms with van der Waals surface area (Å²) in [6.07, 6.45) is 1.86. The first-order valence-corrected chi connectivity index (χ1v) is 8.40. The fourth-order valence-corrected chi connectivity index (χ4v) is 3.11. The van der Waals surface area contributed by atoms with Crippen LogP contribution in [-0.4, -0.2) is 55.9 Å². The van der Waals surface area contributed by atoms with Crippen molar-refractivity contribution in [3.63, 3.8) is 0 Å². The summed E-state index contributed by atoms with van der Waals surface area (Å²) >= 11 is 0. The number of benzene rings is 1. The Hall–Kier alpha value is -2.47. The Kier molecular flexibility index (Phi) is 4.38. The van der Waals surface area contributed by atoms with E-state index in [1.807, 2.05) is 36.5 Å². The highest BCUT2D eigenvalue weighted by Crippen LogP contribution is 2.34. The zero-order valence-corrected chi connectivity index (χ0v) is 13.6. The Morgan fingerprint density at radius 2 is 1.88 bits per heavy atom. The lowest BCUT2D eigenvalue weighted by atomic mass is 10.2. The minimum atomic E-state index is 0.319. The molecule has 0 atom stereocenters. The van der Waals surface area contributed by atoms with E-state index in [0.29, 0.717) is 6.79 Å². The molecule has 6 heteroatoms. The van der Waals surface area contributed by atoms with Gasteiger partial charge in [-0.3, -0.25) is 4.90 Å². The van der Waals surface area contributed by atoms with Crippen molar-refractivity contribution in [1.82, 2.24) is 9.88 Å². The summed E-state index contributed by atoms with van der Waals surface area (Å²) in [4.78, 5) is 9.27. The van der Waals surface area contributed by atoms with E-state index in [9.17, 15) is 0 Å². The zero-order chi connectivity index (χ0) is 16.2. The van der Waals surface area contributed by atoms with Gasteiger partial charge in [-0.15, -0.1) is 0 Å². The van der Waals surface area contributed by atoms with Crippen molar-refractivity contribution in [1.29, 1.82) is 0 Å². The summed E-state index contributed by atoms with van der Waals surface area (Å²) in [6, 6.07) is 12.1. The predicted molar refractivity (Wildman–Crippen MR) is 93.9 cm³/mol. The summed E-state index contributed by atoms with van der Waals surface area (Å²) in [6.45, 7) is 6.47. The molecule has 1 saturated heterocycles. The van der Waals surface area contributed by atoms with Crippen LogP contribution in [0.25, 0.3) is 0 Å². The first-order chi connectivity index (χ1) is 11.9. The highest BCUT2D eigenvalue weighted by Gasteiger charge is 2.17. The molecule has 0 bridgehead atoms. The van der Waals surface area contributed by atoms with E-state index in [2.05, 4.69) is 26.2 Å². The van der Waals surface area contributed by atoms with Gasteiger partial charge in [0.1, 0.15) is 5.82 Å². The molecule has 0 amide bonds. The van der Waals surface area contributed by atoms with Crippen LogP contribution in [-0.2, 0) is 0 Å². The van der Waals surface area contributed by atoms with Crippen molar-refractivity contribution in [2.24, 2.45) is 0 Å². The van der Waals surface area contributed by atoms with E-state index < -0.39 is 0 Å². The fourth-order valence-electron chi connectivity index (χ4n) is 3.11. The molecule has 0 radical (unpaired) electrons. The molecule has 1 N–H and O–H groups in total. The molecular weight excluding hydrogens is 304 g/mol. The Labute approximate surface area is 142 Å². The lowest BCUT2D eigenvalue weighted by Crippen LogP contribution is -2.47. The molecule has 0 saturated carbocycles. The average Bonchev–Trinajstić information content (AvgIpc) is 3.11. The zero-order valence-electron chi connectivity index (χ0n) is 13.6. The number of pyridine rings is 1. The summed E-state index contributed by atoms with van der Waals surface area (Å²) in [5.41, 5.74) is 1.08. The minimum Gasteiger partial charge on any atom is -0.454 e. The highest BCUT2D eigenvalue weighted by atomic mass is 16.7. The molecular formula is C18H22N4O2. The van der Waals surface area contributed by atoms with Gasteiger partial charge >= 0.3 is 0 Å². The van der Waals surface area contributed by atoms with Gasteiger partial charge in [0, 0.05) is 57.2 Å². The summed E-state index contributed by atoms with van der Waals surface area (Å²) in [5.74, 6) is 2.73. The van der Waals surface area contributed by atoms with Crippen LogP contribution >= 0.6 is 0 Å². The Balaban J connectivity index is 1.22. The smallest absolute Gasteiger partial charge is 0.231 e. The SMILES string of the molecule is c1ccc(N2CCN(CCNc3ccc4c(c3)OCO4)CC2)nc1. The second-order valence-corrected chi connectivity index (χ2v) is 6.01. The molecule has 0 aliphatic carbocycles. The van der Waals surface area contributed by atoms with Crippen LogP contribution in [0, 0.1) is 0 Å². The van der Waals surface area contributed by atoms with Crippen LogP contribution in [0.1, 0.15) is 0 Å². The van der Waals surface area contributed by atoms with Gasteiger partial charge in [-0.05, 0) is 24.3 Å². The Morgan fingerprint density at radius 3 is 2.71 bits per heavy atom. The monoisotopic (exact) mass is 326 g/mol. The first-order valence-electron chi connectivity index (χ1n) is 8.40. The van der Waals surface area contributed by atoms with Crippen LogP contribution in [0.3, 0.4) is 0 Å². The minimum absolute atomic E-state index is 0.319. The van der Waals surface area contributed by atoms with E-state index in [1.54, 1.807) is 0 Å². The van der Waals surface area contributed by atoms with Crippen molar-refractivity contribution in [2.75, 3.05) is 56.3 Å². The number of hydrogen-bond donors (Lipinski definition) is 1. The molecule has 0 spiro atoms. The van der Waals surface area contributed by atoms with Crippen LogP contribution < -0.4 is 19.7 Å². The number of rotatable bonds is 5. The van der Waals surface area contributed by atoms with Crippen molar-refractivity contribution >= 4 is 11.5 Å². The van der Waals surface area contributed by atoms with Gasteiger partial charge in [-0.1, -0.05) is 6.07 Å². The molecule has 2 aliphatic rings. The second kappa shape index (κ2) is 6.97. The molecule has 0 unspecified atom stereocenters. The van der Waals surface area contributed by atoms with Crippen molar-refractivity contribution in [2.45, 2.75) is 0 Å². The van der Waals surface area contributed by atoms with E-state index in [-0.39, 0.29) is 0 Å². The lowest BCUT2D eigenvalue weighted by molar-refractivity contribution is 0.174. The second-order valence-electron chi connectivity index (χ2n) is 6.01. The highest BCUT2D eigenvalue weighted by molar-refractivity contribution is 5.55. The Bertz CT molecular complexity index is 672. The number of hydrogen-bond acceptors (Lipinski definition) is 6. The summed E-state index contributed by atoms with van der Waals surface area (Å²) in [7, 11) is 0. The van der Waals surface area contributed by atoms with Gasteiger partial charge in [-0.2, -0.15) is 0 Å². The van der Waals surface area contributed by atoms with Crippen LogP contribution in [0.4, 0.5) is 11.5 Å². The topological polar surface area (TPSA) is 49.9 Å². The van der Waals surface area contributed by atoms with E-state index in [1.165, 1.54) is 0 Å². The van der Waals surface area contributed by atoms with Gasteiger partial charge < -0.3 is 19.7 Å². The molecule has 1 aromatic carbocycles. The molecule has 6 nitrogen and oxygen atoms in total. The number of aromatic nitrogens is 1. The maximum absolute atomic E-state index is 5.41. The van der Waals surface area contributed by atoms with Gasteiger partial charge in [0.05, 0.1) is 0 Å². The summed E-state index contributed by atoms with van der Waals surface area (Å²) < 4.78 is 10.7. The molecule has 1 aromatic heterocycles. The molecule has 2 aromatic rings. The standard InChI is InChI=1S/C18H22N4O2/c1-2-6-20-18(3-1)22-11-9-21(10-12-22)8-7-19-15-4-5-16-17(13-15)24-14-23-16/h1-6,13,19H,7-12,14H2. The third kappa shape index (κ3) is 3.38. The van der Waals surface area contributed by atoms with Crippen molar-refractivity contribution in [3.05, 3.63) is 42.6 Å². The summed E-state index contributed by atoms with van der Waals surface area (Å²) in [5, 5.41) is 3.46. The number of piperazine rings is 1. The molecule has 24 heavy (non-hydrogen) atoms. The predicted octanol–water partition coefficient (Wildman–Crippen LogP) is 2.04. The maximum Gasteiger partial charge on any atom is 0.231 e. The Morgan fingerprint density at radius 1 is 1.00 bits per heavy atom. The number of nitrogens with one attached hydrogen (secondary N) is 1. The van der Waals surface area contributed by atoms with Crippen LogP contribution in [0.15, 0.2) is 42.6 Å². The van der Waals surface area contributed by atoms with Gasteiger partial charge in [0.2, 0.25) is 6.79 Å². The molecule has 126 valence electrons. The molecule has 3 heterocycles. The molecule has 4 rings (SSSR count). The molecule has 1 fully saturated rings. The maximum atomic E-state index is 5.41. The normalized spacial score (nSPS) is 17.1. The van der Waals surface area contributed by atoms with E-state index in [0.717, 1.165) is 62.3 Å². The number of nitrogens with zero attached hydrogens (tertiary/aromatic N) is 3. The van der Waals surface area contributed by atoms with Crippen molar-refractivity contribution in [3.8, 4) is 11.5 Å². The van der Waals surface area contributed by atoms with Gasteiger partial charge in [0.15, 0.2) is 11.5 Å². The molecule has 2 aliphatic heterocycles. The number of fused-ring (bicyclic) bond motifs is 1. The number of anilines is 2. The largest absolute Gasteiger partial charge is 0.454 e. The quantitative estimate of drug-likeness (QED) is 0.907. The number of ether oxygens (including phenoxy) is 2. The van der Waals surface area contributed by atoms with E-state index in [4.69, 9.17) is 9.47 Å². The third-order valence-corrected chi connectivity index (χ3v) is 4.48. The van der Waals surface area contributed by atoms with Crippen LogP contribution in [0.5, 0.6) is 11.5 Å². The van der Waals surface area contributed by atoms with Crippen molar-refractivity contribution < 1.29 is 9.47 Å². The lowest BCUT2D eigenvalue weighted by Gasteiger charge is -2.35.